The van der Waals surface area contributed by atoms with Crippen LogP contribution in [0.15, 0.2) is 17.0 Å². The molecule has 31 heavy (non-hydrogen) atoms. The van der Waals surface area contributed by atoms with Crippen molar-refractivity contribution in [3.8, 4) is 0 Å². The number of carboxylic acid groups (broad SMARTS) is 1. The molecule has 2 aromatic heterocycles. The number of hydrogen-bond donors (Lipinski definition) is 6. The van der Waals surface area contributed by atoms with Gasteiger partial charge < -0.3 is 36.7 Å². The van der Waals surface area contributed by atoms with Crippen LogP contribution in [0, 0.1) is 0 Å². The molecule has 2 heterocycles. The zero-order chi connectivity index (χ0) is 22.8. The summed E-state index contributed by atoms with van der Waals surface area (Å²) in [6.45, 7) is 1.85. The standard InChI is InChI=1S/C18H28N8O5/c1-10(27)13(4-2-3-5-19)23-18(30)24-14(7-15(28)29)17-25-16(26-31-17)12(20)6-11-8-21-9-22-11/h8-9,12-14H,2-7,19-20H2,1H3,(H,21,22)(H,28,29)(H2,23,24,30)/t12-,13-,14-/m0/s1. The highest BCUT2D eigenvalue weighted by molar-refractivity contribution is 5.87. The predicted molar refractivity (Wildman–Crippen MR) is 108 cm³/mol. The number of aromatic nitrogens is 4. The third-order valence-corrected chi connectivity index (χ3v) is 4.51. The number of hydrogen-bond acceptors (Lipinski definition) is 9. The van der Waals surface area contributed by atoms with Gasteiger partial charge in [-0.2, -0.15) is 4.98 Å². The third-order valence-electron chi connectivity index (χ3n) is 4.51. The Hall–Kier alpha value is -3.32. The molecular formula is C18H28N8O5. The highest BCUT2D eigenvalue weighted by atomic mass is 16.5. The number of urea groups is 1. The van der Waals surface area contributed by atoms with E-state index in [2.05, 4.69) is 30.7 Å². The van der Waals surface area contributed by atoms with Gasteiger partial charge in [-0.25, -0.2) is 9.78 Å². The van der Waals surface area contributed by atoms with Gasteiger partial charge in [0.05, 0.1) is 24.8 Å². The molecule has 0 unspecified atom stereocenters. The van der Waals surface area contributed by atoms with Crippen molar-refractivity contribution < 1.29 is 24.0 Å². The number of nitrogens with zero attached hydrogens (tertiary/aromatic N) is 3. The molecule has 2 aromatic rings. The van der Waals surface area contributed by atoms with E-state index in [1.807, 2.05) is 0 Å². The van der Waals surface area contributed by atoms with E-state index in [1.54, 1.807) is 6.20 Å². The predicted octanol–water partition coefficient (Wildman–Crippen LogP) is -0.0632. The van der Waals surface area contributed by atoms with Crippen LogP contribution in [-0.2, 0) is 16.0 Å². The molecule has 0 fully saturated rings. The number of H-pyrrole nitrogens is 1. The van der Waals surface area contributed by atoms with E-state index in [-0.39, 0.29) is 17.5 Å². The summed E-state index contributed by atoms with van der Waals surface area (Å²) in [7, 11) is 0. The fraction of sp³-hybridized carbons (Fsp3) is 0.556. The number of ketones is 1. The Kier molecular flexibility index (Phi) is 9.09. The van der Waals surface area contributed by atoms with Crippen molar-refractivity contribution in [3.63, 3.8) is 0 Å². The molecule has 13 nitrogen and oxygen atoms in total. The first-order valence-electron chi connectivity index (χ1n) is 9.85. The molecular weight excluding hydrogens is 408 g/mol. The van der Waals surface area contributed by atoms with Gasteiger partial charge >= 0.3 is 12.0 Å². The number of carbonyl (C=O) groups excluding carboxylic acids is 2. The normalized spacial score (nSPS) is 13.9. The van der Waals surface area contributed by atoms with Crippen molar-refractivity contribution in [1.29, 1.82) is 0 Å². The van der Waals surface area contributed by atoms with Gasteiger partial charge in [0.15, 0.2) is 11.6 Å². The quantitative estimate of drug-likeness (QED) is 0.230. The molecule has 0 aromatic carbocycles. The van der Waals surface area contributed by atoms with E-state index >= 15 is 0 Å². The van der Waals surface area contributed by atoms with Gasteiger partial charge in [-0.3, -0.25) is 9.59 Å². The summed E-state index contributed by atoms with van der Waals surface area (Å²) >= 11 is 0. The molecule has 13 heteroatoms. The van der Waals surface area contributed by atoms with E-state index in [4.69, 9.17) is 16.0 Å². The lowest BCUT2D eigenvalue weighted by atomic mass is 10.1. The molecule has 0 aliphatic heterocycles. The van der Waals surface area contributed by atoms with E-state index in [1.165, 1.54) is 13.3 Å². The third kappa shape index (κ3) is 7.79. The van der Waals surface area contributed by atoms with Crippen molar-refractivity contribution in [2.45, 2.75) is 57.2 Å². The maximum atomic E-state index is 12.4. The van der Waals surface area contributed by atoms with E-state index in [0.717, 1.165) is 12.1 Å². The summed E-state index contributed by atoms with van der Waals surface area (Å²) in [6.07, 6.45) is 4.80. The molecule has 0 bridgehead atoms. The van der Waals surface area contributed by atoms with Crippen LogP contribution in [0.3, 0.4) is 0 Å². The second-order valence-electron chi connectivity index (χ2n) is 7.09. The summed E-state index contributed by atoms with van der Waals surface area (Å²) < 4.78 is 5.15. The zero-order valence-electron chi connectivity index (χ0n) is 17.2. The van der Waals surface area contributed by atoms with Gasteiger partial charge in [0, 0.05) is 18.3 Å². The summed E-state index contributed by atoms with van der Waals surface area (Å²) in [5.41, 5.74) is 12.3. The molecule has 0 radical (unpaired) electrons. The maximum Gasteiger partial charge on any atom is 0.316 e. The Labute approximate surface area is 178 Å². The molecule has 0 aliphatic rings. The number of aromatic amines is 1. The number of nitrogens with one attached hydrogen (secondary N) is 3. The number of carbonyl (C=O) groups is 3. The first-order valence-corrected chi connectivity index (χ1v) is 9.85. The van der Waals surface area contributed by atoms with Crippen LogP contribution in [0.4, 0.5) is 4.79 Å². The lowest BCUT2D eigenvalue weighted by Gasteiger charge is -2.19. The first-order chi connectivity index (χ1) is 14.8. The van der Waals surface area contributed by atoms with Crippen molar-refractivity contribution in [2.75, 3.05) is 6.54 Å². The topological polar surface area (TPSA) is 215 Å². The number of rotatable bonds is 13. The van der Waals surface area contributed by atoms with Gasteiger partial charge in [-0.15, -0.1) is 0 Å². The number of carboxylic acids is 1. The number of aliphatic carboxylic acids is 1. The molecule has 0 aliphatic carbocycles. The zero-order valence-corrected chi connectivity index (χ0v) is 17.2. The molecule has 0 saturated carbocycles. The first kappa shape index (κ1) is 24.0. The summed E-state index contributed by atoms with van der Waals surface area (Å²) in [6, 6.07) is -3.16. The largest absolute Gasteiger partial charge is 0.481 e. The van der Waals surface area contributed by atoms with E-state index < -0.39 is 36.5 Å². The molecule has 2 amide bonds. The molecule has 170 valence electrons. The van der Waals surface area contributed by atoms with Crippen molar-refractivity contribution >= 4 is 17.8 Å². The minimum absolute atomic E-state index is 0.102. The number of nitrogens with two attached hydrogens (primary N) is 2. The Bertz CT molecular complexity index is 853. The van der Waals surface area contributed by atoms with Gasteiger partial charge in [0.1, 0.15) is 6.04 Å². The molecule has 0 saturated heterocycles. The lowest BCUT2D eigenvalue weighted by Crippen LogP contribution is -2.46. The molecule has 0 spiro atoms. The fourth-order valence-electron chi connectivity index (χ4n) is 2.87. The number of Topliss-reactive ketones (excluding diaryl/α,β-unsaturated/α-hetero) is 1. The smallest absolute Gasteiger partial charge is 0.316 e. The van der Waals surface area contributed by atoms with Gasteiger partial charge in [0.2, 0.25) is 5.89 Å². The van der Waals surface area contributed by atoms with Crippen molar-refractivity contribution in [2.24, 2.45) is 11.5 Å². The summed E-state index contributed by atoms with van der Waals surface area (Å²) in [5.74, 6) is -1.34. The van der Waals surface area contributed by atoms with E-state index in [9.17, 15) is 19.5 Å². The van der Waals surface area contributed by atoms with Crippen LogP contribution in [0.25, 0.3) is 0 Å². The van der Waals surface area contributed by atoms with E-state index in [0.29, 0.717) is 25.8 Å². The molecule has 8 N–H and O–H groups in total. The van der Waals surface area contributed by atoms with Gasteiger partial charge in [-0.05, 0) is 32.7 Å². The van der Waals surface area contributed by atoms with Crippen LogP contribution < -0.4 is 22.1 Å². The number of imidazole rings is 1. The SMILES string of the molecule is CC(=O)[C@H](CCCCN)NC(=O)N[C@@H](CC(=O)O)c1nc([C@@H](N)Cc2cnc[nH]2)no1. The van der Waals surface area contributed by atoms with Crippen LogP contribution in [-0.4, -0.2) is 55.6 Å². The average Bonchev–Trinajstić information content (AvgIpc) is 3.38. The second kappa shape index (κ2) is 11.8. The average molecular weight is 436 g/mol. The Balaban J connectivity index is 2.04. The number of amides is 2. The molecule has 3 atom stereocenters. The minimum atomic E-state index is -1.18. The highest BCUT2D eigenvalue weighted by Gasteiger charge is 2.27. The minimum Gasteiger partial charge on any atom is -0.481 e. The Morgan fingerprint density at radius 1 is 1.29 bits per heavy atom. The molecule has 2 rings (SSSR count). The maximum absolute atomic E-state index is 12.4. The van der Waals surface area contributed by atoms with Crippen LogP contribution in [0.5, 0.6) is 0 Å². The van der Waals surface area contributed by atoms with Gasteiger partial charge in [-0.1, -0.05) is 5.16 Å². The summed E-state index contributed by atoms with van der Waals surface area (Å²) in [5, 5.41) is 18.0. The highest BCUT2D eigenvalue weighted by Crippen LogP contribution is 2.18. The van der Waals surface area contributed by atoms with Gasteiger partial charge in [0.25, 0.3) is 0 Å². The van der Waals surface area contributed by atoms with Crippen LogP contribution in [0.2, 0.25) is 0 Å². The van der Waals surface area contributed by atoms with Crippen LogP contribution in [0.1, 0.15) is 62.1 Å². The monoisotopic (exact) mass is 436 g/mol. The van der Waals surface area contributed by atoms with Crippen LogP contribution >= 0.6 is 0 Å². The van der Waals surface area contributed by atoms with Crippen molar-refractivity contribution in [3.05, 3.63) is 29.9 Å². The fourth-order valence-corrected chi connectivity index (χ4v) is 2.87. The second-order valence-corrected chi connectivity index (χ2v) is 7.09. The van der Waals surface area contributed by atoms with Crippen molar-refractivity contribution in [1.82, 2.24) is 30.7 Å². The summed E-state index contributed by atoms with van der Waals surface area (Å²) in [4.78, 5) is 46.4. The Morgan fingerprint density at radius 3 is 2.68 bits per heavy atom. The Morgan fingerprint density at radius 2 is 2.06 bits per heavy atom. The lowest BCUT2D eigenvalue weighted by molar-refractivity contribution is -0.137. The number of unbranched alkanes of at least 4 members (excludes halogenated alkanes) is 1.